The highest BCUT2D eigenvalue weighted by atomic mass is 31.2. The molecule has 3 atom stereocenters. The fourth-order valence-corrected chi connectivity index (χ4v) is 6.01. The number of benzene rings is 1. The monoisotopic (exact) mass is 508 g/mol. The molecule has 0 radical (unpaired) electrons. The number of phosphoric ester groups is 1. The number of ether oxygens (including phenoxy) is 1. The summed E-state index contributed by atoms with van der Waals surface area (Å²) in [6.07, 6.45) is 13.1. The lowest BCUT2D eigenvalue weighted by atomic mass is 9.84. The van der Waals surface area contributed by atoms with Gasteiger partial charge in [-0.25, -0.2) is 0 Å². The lowest BCUT2D eigenvalue weighted by Gasteiger charge is -2.39. The molecule has 1 aromatic rings. The zero-order valence-corrected chi connectivity index (χ0v) is 24.4. The van der Waals surface area contributed by atoms with Gasteiger partial charge in [0.1, 0.15) is 24.9 Å². The Morgan fingerprint density at radius 2 is 1.43 bits per heavy atom. The van der Waals surface area contributed by atoms with E-state index in [1.54, 1.807) is 6.92 Å². The number of fused-ring (bicyclic) bond motifs is 1. The third-order valence-electron chi connectivity index (χ3n) is 8.04. The van der Waals surface area contributed by atoms with Gasteiger partial charge in [-0.05, 0) is 87.8 Å². The van der Waals surface area contributed by atoms with Crippen molar-refractivity contribution < 1.29 is 23.6 Å². The largest absolute Gasteiger partial charge is 0.780 e. The SMILES string of the molecule is Cc1c(C)c2c(c(C)c1OP(=O)([O-])[O-])CCC(C)(CCCC(C)CCCC(C)CCCC(C)C)O2. The smallest absolute Gasteiger partial charge is 0.130 e. The third-order valence-corrected chi connectivity index (χ3v) is 8.45. The maximum atomic E-state index is 11.2. The Morgan fingerprint density at radius 1 is 0.886 bits per heavy atom. The molecule has 0 saturated heterocycles. The van der Waals surface area contributed by atoms with Gasteiger partial charge in [0.2, 0.25) is 0 Å². The van der Waals surface area contributed by atoms with Crippen LogP contribution in [-0.4, -0.2) is 5.60 Å². The van der Waals surface area contributed by atoms with E-state index in [4.69, 9.17) is 9.26 Å². The van der Waals surface area contributed by atoms with Crippen LogP contribution in [0.15, 0.2) is 0 Å². The molecule has 1 heterocycles. The first-order chi connectivity index (χ1) is 16.2. The molecule has 6 heteroatoms. The van der Waals surface area contributed by atoms with Gasteiger partial charge in [-0.1, -0.05) is 72.6 Å². The van der Waals surface area contributed by atoms with Crippen LogP contribution in [0.2, 0.25) is 0 Å². The van der Waals surface area contributed by atoms with Crippen molar-refractivity contribution in [1.82, 2.24) is 0 Å². The minimum Gasteiger partial charge on any atom is -0.780 e. The highest BCUT2D eigenvalue weighted by molar-refractivity contribution is 7.43. The minimum absolute atomic E-state index is 0.171. The Bertz CT molecular complexity index is 875. The van der Waals surface area contributed by atoms with Crippen LogP contribution in [0.25, 0.3) is 0 Å². The van der Waals surface area contributed by atoms with Gasteiger partial charge >= 0.3 is 0 Å². The summed E-state index contributed by atoms with van der Waals surface area (Å²) in [5.74, 6) is 3.40. The Hall–Kier alpha value is -1.03. The Balaban J connectivity index is 1.85. The summed E-state index contributed by atoms with van der Waals surface area (Å²) in [7, 11) is -5.11. The molecule has 1 aliphatic rings. The molecule has 1 aliphatic heterocycles. The van der Waals surface area contributed by atoms with E-state index in [0.29, 0.717) is 11.1 Å². The molecule has 1 aromatic carbocycles. The summed E-state index contributed by atoms with van der Waals surface area (Å²) in [6, 6.07) is 0. The second-order valence-corrected chi connectivity index (χ2v) is 13.0. The molecule has 0 fully saturated rings. The van der Waals surface area contributed by atoms with Crippen molar-refractivity contribution in [2.45, 2.75) is 132 Å². The maximum Gasteiger partial charge on any atom is 0.130 e. The highest BCUT2D eigenvalue weighted by Gasteiger charge is 2.34. The molecule has 0 aliphatic carbocycles. The predicted octanol–water partition coefficient (Wildman–Crippen LogP) is 7.34. The molecule has 2 rings (SSSR count). The number of hydrogen-bond donors (Lipinski definition) is 0. The maximum absolute atomic E-state index is 11.2. The van der Waals surface area contributed by atoms with Crippen LogP contribution >= 0.6 is 7.82 Å². The standard InChI is InChI=1S/C29H51O5P/c1-20(2)12-9-13-21(3)14-10-15-22(4)16-11-18-29(8)19-17-26-25(7)27(34-35(30,31)32)23(5)24(6)28(26)33-29/h20-22H,9-19H2,1-8H3,(H2,30,31,32)/p-2. The fourth-order valence-electron chi connectivity index (χ4n) is 5.51. The highest BCUT2D eigenvalue weighted by Crippen LogP contribution is 2.47. The molecule has 0 saturated carbocycles. The van der Waals surface area contributed by atoms with E-state index in [2.05, 4.69) is 34.6 Å². The summed E-state index contributed by atoms with van der Waals surface area (Å²) in [5.41, 5.74) is 2.95. The molecule has 0 N–H and O–H groups in total. The Morgan fingerprint density at radius 3 is 1.97 bits per heavy atom. The van der Waals surface area contributed by atoms with Crippen molar-refractivity contribution in [3.05, 3.63) is 22.3 Å². The van der Waals surface area contributed by atoms with Crippen LogP contribution in [0.1, 0.15) is 121 Å². The van der Waals surface area contributed by atoms with Crippen molar-refractivity contribution in [3.8, 4) is 11.5 Å². The summed E-state index contributed by atoms with van der Waals surface area (Å²) in [6.45, 7) is 17.1. The third kappa shape index (κ3) is 9.41. The zero-order valence-electron chi connectivity index (χ0n) is 23.5. The molecule has 5 nitrogen and oxygen atoms in total. The van der Waals surface area contributed by atoms with Gasteiger partial charge < -0.3 is 23.6 Å². The van der Waals surface area contributed by atoms with E-state index in [1.165, 1.54) is 44.9 Å². The topological polar surface area (TPSA) is 81.7 Å². The van der Waals surface area contributed by atoms with E-state index in [0.717, 1.165) is 60.3 Å². The van der Waals surface area contributed by atoms with Crippen molar-refractivity contribution in [3.63, 3.8) is 0 Å². The van der Waals surface area contributed by atoms with Gasteiger partial charge in [-0.2, -0.15) is 0 Å². The molecule has 35 heavy (non-hydrogen) atoms. The van der Waals surface area contributed by atoms with E-state index in [-0.39, 0.29) is 11.4 Å². The van der Waals surface area contributed by atoms with E-state index < -0.39 is 7.82 Å². The molecule has 3 unspecified atom stereocenters. The molecule has 0 spiro atoms. The van der Waals surface area contributed by atoms with Gasteiger partial charge in [0, 0.05) is 5.56 Å². The zero-order chi connectivity index (χ0) is 26.4. The van der Waals surface area contributed by atoms with Gasteiger partial charge in [0.25, 0.3) is 0 Å². The number of hydrogen-bond acceptors (Lipinski definition) is 5. The summed E-state index contributed by atoms with van der Waals surface area (Å²) in [5, 5.41) is 0. The lowest BCUT2D eigenvalue weighted by molar-refractivity contribution is -0.333. The van der Waals surface area contributed by atoms with Crippen LogP contribution in [-0.2, 0) is 11.0 Å². The van der Waals surface area contributed by atoms with E-state index >= 15 is 0 Å². The summed E-state index contributed by atoms with van der Waals surface area (Å²) < 4.78 is 22.6. The first-order valence-corrected chi connectivity index (χ1v) is 15.2. The first kappa shape index (κ1) is 30.2. The normalized spacial score (nSPS) is 19.9. The second-order valence-electron chi connectivity index (χ2n) is 12.0. The van der Waals surface area contributed by atoms with Crippen LogP contribution in [0.5, 0.6) is 11.5 Å². The van der Waals surface area contributed by atoms with Gasteiger partial charge in [0.05, 0.1) is 0 Å². The van der Waals surface area contributed by atoms with Crippen LogP contribution < -0.4 is 19.0 Å². The quantitative estimate of drug-likeness (QED) is 0.246. The van der Waals surface area contributed by atoms with Crippen molar-refractivity contribution >= 4 is 7.82 Å². The van der Waals surface area contributed by atoms with Crippen LogP contribution in [0, 0.1) is 38.5 Å². The van der Waals surface area contributed by atoms with Gasteiger partial charge in [-0.15, -0.1) is 0 Å². The summed E-state index contributed by atoms with van der Waals surface area (Å²) in [4.78, 5) is 22.5. The van der Waals surface area contributed by atoms with Crippen LogP contribution in [0.4, 0.5) is 0 Å². The molecular weight excluding hydrogens is 459 g/mol. The molecule has 0 aromatic heterocycles. The Labute approximate surface area is 214 Å². The molecule has 0 bridgehead atoms. The first-order valence-electron chi connectivity index (χ1n) is 13.8. The van der Waals surface area contributed by atoms with E-state index in [9.17, 15) is 14.4 Å². The fraction of sp³-hybridized carbons (Fsp3) is 0.793. The second kappa shape index (κ2) is 13.0. The molecule has 0 amide bonds. The molecule has 202 valence electrons. The average molecular weight is 509 g/mol. The summed E-state index contributed by atoms with van der Waals surface area (Å²) >= 11 is 0. The molecular formula is C29H49O5P-2. The van der Waals surface area contributed by atoms with Crippen molar-refractivity contribution in [2.75, 3.05) is 0 Å². The van der Waals surface area contributed by atoms with Gasteiger partial charge in [0.15, 0.2) is 0 Å². The number of rotatable bonds is 14. The van der Waals surface area contributed by atoms with Crippen molar-refractivity contribution in [1.29, 1.82) is 0 Å². The average Bonchev–Trinajstić information content (AvgIpc) is 2.74. The minimum atomic E-state index is -5.11. The predicted molar refractivity (Wildman–Crippen MR) is 141 cm³/mol. The number of phosphoric acid groups is 1. The Kier molecular flexibility index (Phi) is 11.2. The lowest BCUT2D eigenvalue weighted by Crippen LogP contribution is -2.37. The van der Waals surface area contributed by atoms with Gasteiger partial charge in [-0.3, -0.25) is 0 Å². The van der Waals surface area contributed by atoms with E-state index in [1.807, 2.05) is 13.8 Å². The van der Waals surface area contributed by atoms with Crippen LogP contribution in [0.3, 0.4) is 0 Å². The van der Waals surface area contributed by atoms with Crippen molar-refractivity contribution in [2.24, 2.45) is 17.8 Å².